The van der Waals surface area contributed by atoms with Crippen LogP contribution in [0.25, 0.3) is 0 Å². The van der Waals surface area contributed by atoms with E-state index in [1.54, 1.807) is 0 Å². The van der Waals surface area contributed by atoms with Gasteiger partial charge in [0.25, 0.3) is 11.4 Å². The third-order valence-corrected chi connectivity index (χ3v) is 2.65. The minimum Gasteiger partial charge on any atom is -0.393 e. The Balaban J connectivity index is 0.000000257. The molecule has 0 aromatic heterocycles. The fourth-order valence-corrected chi connectivity index (χ4v) is 1.65. The van der Waals surface area contributed by atoms with Crippen LogP contribution in [0.4, 0.5) is 31.5 Å². The van der Waals surface area contributed by atoms with Crippen molar-refractivity contribution in [3.05, 3.63) is 68.3 Å². The number of carbonyl (C=O) groups is 1. The summed E-state index contributed by atoms with van der Waals surface area (Å²) in [5, 5.41) is 22.8. The normalized spacial score (nSPS) is 9.56. The molecule has 0 unspecified atom stereocenters. The molecule has 25 heavy (non-hydrogen) atoms. The van der Waals surface area contributed by atoms with Gasteiger partial charge < -0.3 is 11.1 Å². The molecular formula is C14H12F2N4O5. The summed E-state index contributed by atoms with van der Waals surface area (Å²) in [5.74, 6) is -1.70. The summed E-state index contributed by atoms with van der Waals surface area (Å²) >= 11 is 0. The van der Waals surface area contributed by atoms with E-state index in [-0.39, 0.29) is 22.7 Å². The number of nitrogens with zero attached hydrogens (tertiary/aromatic N) is 2. The Morgan fingerprint density at radius 2 is 1.48 bits per heavy atom. The van der Waals surface area contributed by atoms with Crippen molar-refractivity contribution in [2.75, 3.05) is 11.1 Å². The number of halogens is 2. The molecule has 0 fully saturated rings. The lowest BCUT2D eigenvalue weighted by molar-refractivity contribution is -0.384. The van der Waals surface area contributed by atoms with E-state index in [0.29, 0.717) is 0 Å². The molecule has 0 heterocycles. The molecule has 0 saturated heterocycles. The molecule has 0 aliphatic rings. The van der Waals surface area contributed by atoms with Gasteiger partial charge in [0.15, 0.2) is 0 Å². The number of nitrogens with two attached hydrogens (primary N) is 1. The molecule has 0 radical (unpaired) electrons. The van der Waals surface area contributed by atoms with Crippen LogP contribution >= 0.6 is 0 Å². The lowest BCUT2D eigenvalue weighted by Crippen LogP contribution is -2.08. The molecule has 3 N–H and O–H groups in total. The van der Waals surface area contributed by atoms with Gasteiger partial charge in [0.2, 0.25) is 5.91 Å². The zero-order valence-corrected chi connectivity index (χ0v) is 12.7. The smallest absolute Gasteiger partial charge is 0.292 e. The number of carbonyl (C=O) groups excluding carboxylic acids is 1. The number of amides is 1. The third-order valence-electron chi connectivity index (χ3n) is 2.65. The Bertz CT molecular complexity index is 829. The second kappa shape index (κ2) is 8.29. The summed E-state index contributed by atoms with van der Waals surface area (Å²) < 4.78 is 25.0. The summed E-state index contributed by atoms with van der Waals surface area (Å²) in [7, 11) is 0. The molecule has 0 bridgehead atoms. The molecule has 2 rings (SSSR count). The molecule has 2 aromatic rings. The maximum absolute atomic E-state index is 12.7. The van der Waals surface area contributed by atoms with Crippen LogP contribution in [0.1, 0.15) is 6.92 Å². The summed E-state index contributed by atoms with van der Waals surface area (Å²) in [6.07, 6.45) is 0. The van der Waals surface area contributed by atoms with Crippen molar-refractivity contribution >= 4 is 28.7 Å². The van der Waals surface area contributed by atoms with Gasteiger partial charge in [-0.25, -0.2) is 8.78 Å². The van der Waals surface area contributed by atoms with Crippen LogP contribution in [0, 0.1) is 31.9 Å². The minimum atomic E-state index is -0.690. The molecule has 9 nitrogen and oxygen atoms in total. The van der Waals surface area contributed by atoms with E-state index in [9.17, 15) is 33.8 Å². The standard InChI is InChI=1S/C8H7FN2O3.C6H5FN2O2/c1-5(12)10-7-4-6(9)2-3-8(7)11(13)14;7-4-1-2-6(9(10)11)5(8)3-4/h2-4H,1H3,(H,10,12);1-3H,8H2. The topological polar surface area (TPSA) is 141 Å². The monoisotopic (exact) mass is 354 g/mol. The van der Waals surface area contributed by atoms with Crippen molar-refractivity contribution in [2.24, 2.45) is 0 Å². The highest BCUT2D eigenvalue weighted by Crippen LogP contribution is 2.24. The number of rotatable bonds is 3. The number of nitro groups is 2. The first-order valence-corrected chi connectivity index (χ1v) is 6.52. The summed E-state index contributed by atoms with van der Waals surface area (Å²) in [4.78, 5) is 29.9. The predicted octanol–water partition coefficient (Wildman–Crippen LogP) is 3.01. The second-order valence-electron chi connectivity index (χ2n) is 4.56. The molecule has 1 amide bonds. The van der Waals surface area contributed by atoms with Gasteiger partial charge >= 0.3 is 0 Å². The van der Waals surface area contributed by atoms with Gasteiger partial charge in [0.05, 0.1) is 9.85 Å². The van der Waals surface area contributed by atoms with E-state index >= 15 is 0 Å². The first kappa shape index (κ1) is 19.4. The van der Waals surface area contributed by atoms with E-state index in [2.05, 4.69) is 5.32 Å². The SMILES string of the molecule is CC(=O)Nc1cc(F)ccc1[N+](=O)[O-].Nc1cc(F)ccc1[N+](=O)[O-]. The Morgan fingerprint density at radius 3 is 1.92 bits per heavy atom. The quantitative estimate of drug-likeness (QED) is 0.493. The lowest BCUT2D eigenvalue weighted by Gasteiger charge is -2.02. The number of hydrogen-bond donors (Lipinski definition) is 2. The molecule has 0 aliphatic carbocycles. The van der Waals surface area contributed by atoms with E-state index in [1.165, 1.54) is 6.92 Å². The average molecular weight is 354 g/mol. The number of nitro benzene ring substituents is 2. The number of benzene rings is 2. The first-order chi connectivity index (χ1) is 11.6. The van der Waals surface area contributed by atoms with Crippen molar-refractivity contribution in [2.45, 2.75) is 6.92 Å². The van der Waals surface area contributed by atoms with Crippen molar-refractivity contribution in [1.29, 1.82) is 0 Å². The van der Waals surface area contributed by atoms with Crippen LogP contribution in [0.5, 0.6) is 0 Å². The van der Waals surface area contributed by atoms with Gasteiger partial charge in [0.1, 0.15) is 23.0 Å². The van der Waals surface area contributed by atoms with E-state index < -0.39 is 27.4 Å². The minimum absolute atomic E-state index is 0.137. The highest BCUT2D eigenvalue weighted by molar-refractivity contribution is 5.91. The zero-order chi connectivity index (χ0) is 19.1. The number of nitrogens with one attached hydrogen (secondary N) is 1. The molecule has 2 aromatic carbocycles. The lowest BCUT2D eigenvalue weighted by atomic mass is 10.2. The highest BCUT2D eigenvalue weighted by atomic mass is 19.1. The molecule has 0 atom stereocenters. The van der Waals surface area contributed by atoms with Gasteiger partial charge in [-0.15, -0.1) is 0 Å². The van der Waals surface area contributed by atoms with Gasteiger partial charge in [-0.2, -0.15) is 0 Å². The first-order valence-electron chi connectivity index (χ1n) is 6.52. The van der Waals surface area contributed by atoms with Crippen LogP contribution in [-0.2, 0) is 4.79 Å². The number of nitrogen functional groups attached to an aromatic ring is 1. The Morgan fingerprint density at radius 1 is 1.00 bits per heavy atom. The van der Waals surface area contributed by atoms with Gasteiger partial charge in [-0.3, -0.25) is 25.0 Å². The number of anilines is 2. The van der Waals surface area contributed by atoms with Gasteiger partial charge in [0, 0.05) is 31.2 Å². The van der Waals surface area contributed by atoms with Crippen LogP contribution in [0.3, 0.4) is 0 Å². The summed E-state index contributed by atoms with van der Waals surface area (Å²) in [6, 6.07) is 5.81. The van der Waals surface area contributed by atoms with Gasteiger partial charge in [-0.05, 0) is 12.1 Å². The molecule has 0 saturated carbocycles. The third kappa shape index (κ3) is 5.82. The van der Waals surface area contributed by atoms with Crippen molar-refractivity contribution in [3.8, 4) is 0 Å². The Hall–Kier alpha value is -3.63. The molecule has 132 valence electrons. The average Bonchev–Trinajstić information content (AvgIpc) is 2.46. The fourth-order valence-electron chi connectivity index (χ4n) is 1.65. The van der Waals surface area contributed by atoms with Crippen molar-refractivity contribution < 1.29 is 23.4 Å². The largest absolute Gasteiger partial charge is 0.393 e. The molecule has 11 heteroatoms. The maximum atomic E-state index is 12.7. The van der Waals surface area contributed by atoms with Gasteiger partial charge in [-0.1, -0.05) is 0 Å². The maximum Gasteiger partial charge on any atom is 0.292 e. The van der Waals surface area contributed by atoms with E-state index in [1.807, 2.05) is 0 Å². The van der Waals surface area contributed by atoms with Crippen molar-refractivity contribution in [1.82, 2.24) is 0 Å². The van der Waals surface area contributed by atoms with E-state index in [0.717, 1.165) is 36.4 Å². The van der Waals surface area contributed by atoms with Crippen LogP contribution in [-0.4, -0.2) is 15.8 Å². The van der Waals surface area contributed by atoms with Crippen LogP contribution in [0.15, 0.2) is 36.4 Å². The molecular weight excluding hydrogens is 342 g/mol. The molecule has 0 spiro atoms. The Labute approximate surface area is 139 Å². The van der Waals surface area contributed by atoms with E-state index in [4.69, 9.17) is 5.73 Å². The summed E-state index contributed by atoms with van der Waals surface area (Å²) in [5.41, 5.74) is 4.24. The highest BCUT2D eigenvalue weighted by Gasteiger charge is 2.14. The van der Waals surface area contributed by atoms with Crippen LogP contribution < -0.4 is 11.1 Å². The number of hydrogen-bond acceptors (Lipinski definition) is 6. The zero-order valence-electron chi connectivity index (χ0n) is 12.7. The second-order valence-corrected chi connectivity index (χ2v) is 4.56. The fraction of sp³-hybridized carbons (Fsp3) is 0.0714. The van der Waals surface area contributed by atoms with Crippen molar-refractivity contribution in [3.63, 3.8) is 0 Å². The van der Waals surface area contributed by atoms with Crippen LogP contribution in [0.2, 0.25) is 0 Å². The molecule has 0 aliphatic heterocycles. The predicted molar refractivity (Wildman–Crippen MR) is 84.8 cm³/mol. The Kier molecular flexibility index (Phi) is 6.44. The summed E-state index contributed by atoms with van der Waals surface area (Å²) in [6.45, 7) is 1.19.